The monoisotopic (exact) mass is 226 g/mol. The summed E-state index contributed by atoms with van der Waals surface area (Å²) in [4.78, 5) is 12.4. The molecule has 0 unspecified atom stereocenters. The molecule has 1 nitrogen and oxygen atoms in total. The number of thiophene rings is 2. The van der Waals surface area contributed by atoms with Gasteiger partial charge in [0.15, 0.2) is 6.29 Å². The van der Waals surface area contributed by atoms with Crippen LogP contribution >= 0.6 is 34.4 Å². The summed E-state index contributed by atoms with van der Waals surface area (Å²) in [5.41, 5.74) is 0. The van der Waals surface area contributed by atoms with Crippen molar-refractivity contribution in [1.29, 1.82) is 0 Å². The molecule has 4 heteroatoms. The van der Waals surface area contributed by atoms with Crippen LogP contribution in [-0.2, 0) is 0 Å². The zero-order chi connectivity index (χ0) is 9.10. The van der Waals surface area contributed by atoms with E-state index in [0.717, 1.165) is 16.1 Å². The molecule has 0 amide bonds. The van der Waals surface area contributed by atoms with Gasteiger partial charge in [-0.15, -0.1) is 22.7 Å². The van der Waals surface area contributed by atoms with Crippen molar-refractivity contribution in [2.24, 2.45) is 0 Å². The maximum atomic E-state index is 10.4. The molecule has 0 fully saturated rings. The summed E-state index contributed by atoms with van der Waals surface area (Å²) in [6.45, 7) is 0. The van der Waals surface area contributed by atoms with Crippen molar-refractivity contribution in [2.75, 3.05) is 0 Å². The van der Waals surface area contributed by atoms with Crippen molar-refractivity contribution >= 4 is 40.7 Å². The van der Waals surface area contributed by atoms with Crippen LogP contribution < -0.4 is 0 Å². The maximum absolute atomic E-state index is 10.4. The van der Waals surface area contributed by atoms with Gasteiger partial charge < -0.3 is 0 Å². The van der Waals surface area contributed by atoms with Crippen molar-refractivity contribution in [3.8, 4) is 0 Å². The van der Waals surface area contributed by atoms with Crippen LogP contribution in [0.2, 0.25) is 0 Å². The first-order chi connectivity index (χ1) is 6.38. The Balaban J connectivity index is 2.14. The number of rotatable bonds is 3. The van der Waals surface area contributed by atoms with Gasteiger partial charge in [-0.3, -0.25) is 4.79 Å². The number of carbonyl (C=O) groups excluding carboxylic acids is 1. The topological polar surface area (TPSA) is 17.1 Å². The van der Waals surface area contributed by atoms with E-state index in [1.807, 2.05) is 17.5 Å². The van der Waals surface area contributed by atoms with E-state index in [1.165, 1.54) is 15.5 Å². The van der Waals surface area contributed by atoms with Gasteiger partial charge in [-0.25, -0.2) is 0 Å². The average Bonchev–Trinajstić information content (AvgIpc) is 2.76. The highest BCUT2D eigenvalue weighted by molar-refractivity contribution is 8.01. The molecule has 0 saturated carbocycles. The van der Waals surface area contributed by atoms with Crippen LogP contribution in [0.15, 0.2) is 38.1 Å². The SMILES string of the molecule is O=Cc1cc(Sc2cccs2)cs1. The van der Waals surface area contributed by atoms with Gasteiger partial charge in [0, 0.05) is 10.3 Å². The van der Waals surface area contributed by atoms with Crippen LogP contribution in [0.4, 0.5) is 0 Å². The van der Waals surface area contributed by atoms with Crippen molar-refractivity contribution in [3.05, 3.63) is 33.8 Å². The van der Waals surface area contributed by atoms with E-state index in [4.69, 9.17) is 0 Å². The predicted octanol–water partition coefficient (Wildman–Crippen LogP) is 3.77. The summed E-state index contributed by atoms with van der Waals surface area (Å²) < 4.78 is 1.26. The van der Waals surface area contributed by atoms with E-state index in [2.05, 4.69) is 11.4 Å². The highest BCUT2D eigenvalue weighted by atomic mass is 32.2. The molecule has 0 atom stereocenters. The minimum absolute atomic E-state index is 0.791. The Bertz CT molecular complexity index is 389. The van der Waals surface area contributed by atoms with Crippen molar-refractivity contribution in [1.82, 2.24) is 0 Å². The normalized spacial score (nSPS) is 10.2. The fraction of sp³-hybridized carbons (Fsp3) is 0. The number of hydrogen-bond donors (Lipinski definition) is 0. The third-order valence-corrected chi connectivity index (χ3v) is 4.44. The molecule has 0 aromatic carbocycles. The largest absolute Gasteiger partial charge is 0.297 e. The highest BCUT2D eigenvalue weighted by Gasteiger charge is 2.01. The Morgan fingerprint density at radius 3 is 2.92 bits per heavy atom. The fourth-order valence-electron chi connectivity index (χ4n) is 0.887. The van der Waals surface area contributed by atoms with Crippen LogP contribution in [0.25, 0.3) is 0 Å². The lowest BCUT2D eigenvalue weighted by Crippen LogP contribution is -1.65. The smallest absolute Gasteiger partial charge is 0.160 e. The van der Waals surface area contributed by atoms with Crippen LogP contribution in [0.1, 0.15) is 9.67 Å². The molecule has 66 valence electrons. The third kappa shape index (κ3) is 2.21. The molecular weight excluding hydrogens is 220 g/mol. The first-order valence-corrected chi connectivity index (χ1v) is 6.21. The quantitative estimate of drug-likeness (QED) is 0.741. The molecule has 2 aromatic heterocycles. The van der Waals surface area contributed by atoms with E-state index in [-0.39, 0.29) is 0 Å². The highest BCUT2D eigenvalue weighted by Crippen LogP contribution is 2.33. The Kier molecular flexibility index (Phi) is 2.83. The van der Waals surface area contributed by atoms with Crippen LogP contribution in [0.5, 0.6) is 0 Å². The minimum Gasteiger partial charge on any atom is -0.297 e. The summed E-state index contributed by atoms with van der Waals surface area (Å²) >= 11 is 4.90. The summed E-state index contributed by atoms with van der Waals surface area (Å²) in [6, 6.07) is 6.02. The molecule has 0 aliphatic carbocycles. The molecule has 0 saturated heterocycles. The molecule has 0 aliphatic heterocycles. The maximum Gasteiger partial charge on any atom is 0.160 e. The molecule has 0 N–H and O–H groups in total. The predicted molar refractivity (Wildman–Crippen MR) is 58.1 cm³/mol. The lowest BCUT2D eigenvalue weighted by molar-refractivity contribution is 0.112. The molecular formula is C9H6OS3. The minimum atomic E-state index is 0.791. The summed E-state index contributed by atoms with van der Waals surface area (Å²) in [7, 11) is 0. The van der Waals surface area contributed by atoms with E-state index < -0.39 is 0 Å². The molecule has 2 heterocycles. The zero-order valence-corrected chi connectivity index (χ0v) is 9.05. The Labute approximate surface area is 88.4 Å². The van der Waals surface area contributed by atoms with Gasteiger partial charge in [0.25, 0.3) is 0 Å². The van der Waals surface area contributed by atoms with E-state index in [9.17, 15) is 4.79 Å². The average molecular weight is 226 g/mol. The molecule has 0 spiro atoms. The van der Waals surface area contributed by atoms with E-state index in [1.54, 1.807) is 23.1 Å². The standard InChI is InChI=1S/C9H6OS3/c10-5-7-4-8(6-12-7)13-9-2-1-3-11-9/h1-6H. The lowest BCUT2D eigenvalue weighted by atomic mass is 10.5. The second-order valence-corrected chi connectivity index (χ2v) is 5.60. The Morgan fingerprint density at radius 2 is 2.31 bits per heavy atom. The van der Waals surface area contributed by atoms with Crippen LogP contribution in [0, 0.1) is 0 Å². The first kappa shape index (κ1) is 8.99. The molecule has 0 aliphatic rings. The second-order valence-electron chi connectivity index (χ2n) is 2.34. The molecule has 0 bridgehead atoms. The van der Waals surface area contributed by atoms with Crippen LogP contribution in [-0.4, -0.2) is 6.29 Å². The number of carbonyl (C=O) groups is 1. The van der Waals surface area contributed by atoms with Crippen molar-refractivity contribution in [2.45, 2.75) is 9.10 Å². The van der Waals surface area contributed by atoms with Gasteiger partial charge in [0.05, 0.1) is 9.09 Å². The van der Waals surface area contributed by atoms with E-state index >= 15 is 0 Å². The Morgan fingerprint density at radius 1 is 1.38 bits per heavy atom. The van der Waals surface area contributed by atoms with E-state index in [0.29, 0.717) is 0 Å². The lowest BCUT2D eigenvalue weighted by Gasteiger charge is -1.90. The Hall–Kier alpha value is -0.580. The van der Waals surface area contributed by atoms with Gasteiger partial charge in [0.1, 0.15) is 0 Å². The van der Waals surface area contributed by atoms with Gasteiger partial charge in [-0.05, 0) is 17.5 Å². The fourth-order valence-corrected chi connectivity index (χ4v) is 3.53. The van der Waals surface area contributed by atoms with Gasteiger partial charge in [-0.1, -0.05) is 17.8 Å². The van der Waals surface area contributed by atoms with Crippen molar-refractivity contribution < 1.29 is 4.79 Å². The summed E-state index contributed by atoms with van der Waals surface area (Å²) in [5, 5.41) is 4.06. The van der Waals surface area contributed by atoms with Gasteiger partial charge in [0.2, 0.25) is 0 Å². The zero-order valence-electron chi connectivity index (χ0n) is 6.60. The summed E-state index contributed by atoms with van der Waals surface area (Å²) in [5.74, 6) is 0. The molecule has 2 aromatic rings. The number of hydrogen-bond acceptors (Lipinski definition) is 4. The van der Waals surface area contributed by atoms with Crippen molar-refractivity contribution in [3.63, 3.8) is 0 Å². The first-order valence-electron chi connectivity index (χ1n) is 3.63. The van der Waals surface area contributed by atoms with Crippen LogP contribution in [0.3, 0.4) is 0 Å². The number of aldehydes is 1. The molecule has 13 heavy (non-hydrogen) atoms. The third-order valence-electron chi connectivity index (χ3n) is 1.43. The van der Waals surface area contributed by atoms with Gasteiger partial charge in [-0.2, -0.15) is 0 Å². The van der Waals surface area contributed by atoms with Gasteiger partial charge >= 0.3 is 0 Å². The summed E-state index contributed by atoms with van der Waals surface area (Å²) in [6.07, 6.45) is 0.892. The molecule has 2 rings (SSSR count). The molecule has 0 radical (unpaired) electrons. The second kappa shape index (κ2) is 4.09.